The number of aromatic nitrogens is 1. The van der Waals surface area contributed by atoms with Gasteiger partial charge in [-0.25, -0.2) is 4.98 Å². The molecule has 3 aromatic carbocycles. The molecule has 0 saturated carbocycles. The van der Waals surface area contributed by atoms with Gasteiger partial charge in [0.2, 0.25) is 0 Å². The molecule has 0 aliphatic carbocycles. The molecule has 0 aliphatic rings. The van der Waals surface area contributed by atoms with E-state index in [9.17, 15) is 0 Å². The van der Waals surface area contributed by atoms with E-state index in [4.69, 9.17) is 46.4 Å². The average molecular weight is 475 g/mol. The van der Waals surface area contributed by atoms with Crippen molar-refractivity contribution in [2.45, 2.75) is 0 Å². The minimum Gasteiger partial charge on any atom is -0.221 e. The molecule has 144 valence electrons. The monoisotopic (exact) mass is 473 g/mol. The zero-order chi connectivity index (χ0) is 20.4. The number of halogens is 4. The van der Waals surface area contributed by atoms with E-state index < -0.39 is 8.07 Å². The van der Waals surface area contributed by atoms with Crippen LogP contribution in [0.1, 0.15) is 0 Å². The zero-order valence-electron chi connectivity index (χ0n) is 15.1. The Morgan fingerprint density at radius 1 is 0.483 bits per heavy atom. The Morgan fingerprint density at radius 3 is 1.10 bits per heavy atom. The summed E-state index contributed by atoms with van der Waals surface area (Å²) in [6, 6.07) is 30.8. The molecule has 6 heteroatoms. The summed E-state index contributed by atoms with van der Waals surface area (Å²) in [7, 11) is -2.92. The van der Waals surface area contributed by atoms with Crippen LogP contribution in [0.2, 0.25) is 20.4 Å². The fourth-order valence-electron chi connectivity index (χ4n) is 3.81. The molecule has 0 amide bonds. The van der Waals surface area contributed by atoms with Gasteiger partial charge in [-0.2, -0.15) is 0 Å². The SMILES string of the molecule is Clc1nc(Cl)c(Cl)c([Si](c2ccccc2)(c2ccccc2)c2ccccc2)c1Cl. The second-order valence-electron chi connectivity index (χ2n) is 6.54. The van der Waals surface area contributed by atoms with Crippen LogP contribution >= 0.6 is 46.4 Å². The van der Waals surface area contributed by atoms with Crippen molar-refractivity contribution in [2.75, 3.05) is 0 Å². The lowest BCUT2D eigenvalue weighted by molar-refractivity contribution is 1.34. The van der Waals surface area contributed by atoms with Crippen molar-refractivity contribution in [3.63, 3.8) is 0 Å². The molecule has 1 nitrogen and oxygen atoms in total. The van der Waals surface area contributed by atoms with Crippen LogP contribution in [-0.4, -0.2) is 13.1 Å². The van der Waals surface area contributed by atoms with Crippen LogP contribution in [0.3, 0.4) is 0 Å². The molecule has 0 unspecified atom stereocenters. The number of pyridine rings is 1. The molecule has 0 spiro atoms. The summed E-state index contributed by atoms with van der Waals surface area (Å²) in [6.45, 7) is 0. The number of hydrogen-bond acceptors (Lipinski definition) is 1. The first-order chi connectivity index (χ1) is 14.1. The Labute approximate surface area is 190 Å². The lowest BCUT2D eigenvalue weighted by Gasteiger charge is -2.35. The first-order valence-corrected chi connectivity index (χ1v) is 12.4. The maximum atomic E-state index is 6.80. The number of hydrogen-bond donors (Lipinski definition) is 0. The Balaban J connectivity index is 2.26. The summed E-state index contributed by atoms with van der Waals surface area (Å²) in [6.07, 6.45) is 0. The third-order valence-electron chi connectivity index (χ3n) is 4.99. The lowest BCUT2D eigenvalue weighted by atomic mass is 10.3. The van der Waals surface area contributed by atoms with E-state index in [0.29, 0.717) is 10.0 Å². The summed E-state index contributed by atoms with van der Waals surface area (Å²) < 4.78 is 0. The highest BCUT2D eigenvalue weighted by molar-refractivity contribution is 7.21. The van der Waals surface area contributed by atoms with Gasteiger partial charge in [0, 0.05) is 0 Å². The van der Waals surface area contributed by atoms with Gasteiger partial charge in [-0.3, -0.25) is 0 Å². The fourth-order valence-corrected chi connectivity index (χ4v) is 10.4. The maximum Gasteiger partial charge on any atom is 0.183 e. The van der Waals surface area contributed by atoms with Gasteiger partial charge in [0.1, 0.15) is 10.3 Å². The Hall–Kier alpha value is -1.81. The predicted octanol–water partition coefficient (Wildman–Crippen LogP) is 5.07. The third-order valence-corrected chi connectivity index (χ3v) is 11.6. The summed E-state index contributed by atoms with van der Waals surface area (Å²) in [5, 5.41) is 5.09. The summed E-state index contributed by atoms with van der Waals surface area (Å²) in [5.74, 6) is 0. The van der Waals surface area contributed by atoms with E-state index in [1.54, 1.807) is 0 Å². The normalized spacial score (nSPS) is 11.4. The van der Waals surface area contributed by atoms with Gasteiger partial charge < -0.3 is 0 Å². The summed E-state index contributed by atoms with van der Waals surface area (Å²) in [5.41, 5.74) is 0. The molecule has 0 fully saturated rings. The molecule has 0 saturated heterocycles. The highest BCUT2D eigenvalue weighted by Gasteiger charge is 2.45. The number of rotatable bonds is 4. The molecule has 0 radical (unpaired) electrons. The second-order valence-corrected chi connectivity index (χ2v) is 11.7. The van der Waals surface area contributed by atoms with Gasteiger partial charge >= 0.3 is 0 Å². The van der Waals surface area contributed by atoms with Gasteiger partial charge in [0.25, 0.3) is 0 Å². The molecule has 0 bridgehead atoms. The lowest BCUT2D eigenvalue weighted by Crippen LogP contribution is -2.75. The van der Waals surface area contributed by atoms with Crippen molar-refractivity contribution in [1.29, 1.82) is 0 Å². The van der Waals surface area contributed by atoms with Gasteiger partial charge in [0.05, 0.1) is 10.0 Å². The van der Waals surface area contributed by atoms with Crippen molar-refractivity contribution in [1.82, 2.24) is 4.98 Å². The Bertz CT molecular complexity index is 1010. The zero-order valence-corrected chi connectivity index (χ0v) is 19.1. The van der Waals surface area contributed by atoms with Crippen LogP contribution < -0.4 is 20.7 Å². The quantitative estimate of drug-likeness (QED) is 0.228. The molecule has 1 heterocycles. The molecule has 0 N–H and O–H groups in total. The van der Waals surface area contributed by atoms with Crippen molar-refractivity contribution in [3.05, 3.63) is 111 Å². The summed E-state index contributed by atoms with van der Waals surface area (Å²) in [4.78, 5) is 4.12. The van der Waals surface area contributed by atoms with Crippen molar-refractivity contribution >= 4 is 75.2 Å². The fraction of sp³-hybridized carbons (Fsp3) is 0. The molecule has 4 aromatic rings. The maximum absolute atomic E-state index is 6.80. The van der Waals surface area contributed by atoms with Crippen molar-refractivity contribution in [3.8, 4) is 0 Å². The van der Waals surface area contributed by atoms with Crippen LogP contribution in [0.15, 0.2) is 91.0 Å². The Kier molecular flexibility index (Phi) is 6.00. The van der Waals surface area contributed by atoms with E-state index >= 15 is 0 Å². The van der Waals surface area contributed by atoms with Crippen molar-refractivity contribution < 1.29 is 0 Å². The number of benzene rings is 3. The van der Waals surface area contributed by atoms with Gasteiger partial charge in [-0.05, 0) is 20.7 Å². The van der Waals surface area contributed by atoms with Gasteiger partial charge in [-0.1, -0.05) is 137 Å². The number of nitrogens with zero attached hydrogens (tertiary/aromatic N) is 1. The smallest absolute Gasteiger partial charge is 0.183 e. The minimum atomic E-state index is -2.92. The predicted molar refractivity (Wildman–Crippen MR) is 128 cm³/mol. The molecule has 0 atom stereocenters. The highest BCUT2D eigenvalue weighted by atomic mass is 35.5. The molecule has 1 aromatic heterocycles. The van der Waals surface area contributed by atoms with E-state index in [2.05, 4.69) is 41.4 Å². The first-order valence-electron chi connectivity index (χ1n) is 8.94. The third kappa shape index (κ3) is 3.50. The molecular formula is C23H15Cl4NSi. The van der Waals surface area contributed by atoms with Gasteiger partial charge in [0.15, 0.2) is 8.07 Å². The average Bonchev–Trinajstić information content (AvgIpc) is 2.77. The molecule has 29 heavy (non-hydrogen) atoms. The largest absolute Gasteiger partial charge is 0.221 e. The van der Waals surface area contributed by atoms with E-state index in [1.807, 2.05) is 54.6 Å². The van der Waals surface area contributed by atoms with Crippen LogP contribution in [0.4, 0.5) is 0 Å². The van der Waals surface area contributed by atoms with E-state index in [-0.39, 0.29) is 10.3 Å². The molecule has 4 rings (SSSR count). The summed E-state index contributed by atoms with van der Waals surface area (Å²) >= 11 is 26.4. The first kappa shape index (κ1) is 20.5. The van der Waals surface area contributed by atoms with Crippen LogP contribution in [0.5, 0.6) is 0 Å². The molecular weight excluding hydrogens is 460 g/mol. The highest BCUT2D eigenvalue weighted by Crippen LogP contribution is 2.30. The molecule has 0 aliphatic heterocycles. The standard InChI is InChI=1S/C23H15Cl4NSi/c24-19-21(20(25)23(27)28-22(19)26)29(16-10-4-1-5-11-16,17-12-6-2-7-13-17)18-14-8-3-9-15-18/h1-15H. The Morgan fingerprint density at radius 2 is 0.793 bits per heavy atom. The topological polar surface area (TPSA) is 12.9 Å². The van der Waals surface area contributed by atoms with Gasteiger partial charge in [-0.15, -0.1) is 0 Å². The van der Waals surface area contributed by atoms with E-state index in [0.717, 1.165) is 20.7 Å². The van der Waals surface area contributed by atoms with Crippen molar-refractivity contribution in [2.24, 2.45) is 0 Å². The van der Waals surface area contributed by atoms with Crippen LogP contribution in [0, 0.1) is 0 Å². The van der Waals surface area contributed by atoms with E-state index in [1.165, 1.54) is 0 Å². The minimum absolute atomic E-state index is 0.149. The van der Waals surface area contributed by atoms with Crippen LogP contribution in [-0.2, 0) is 0 Å². The van der Waals surface area contributed by atoms with Crippen LogP contribution in [0.25, 0.3) is 0 Å². The second kappa shape index (κ2) is 8.51.